The van der Waals surface area contributed by atoms with E-state index in [1.165, 1.54) is 12.8 Å². The molecule has 138 valence electrons. The normalized spacial score (nSPS) is 31.0. The first-order valence-electron chi connectivity index (χ1n) is 9.08. The van der Waals surface area contributed by atoms with Gasteiger partial charge in [0.05, 0.1) is 19.6 Å². The van der Waals surface area contributed by atoms with Crippen molar-refractivity contribution in [3.05, 3.63) is 23.8 Å². The van der Waals surface area contributed by atoms with Gasteiger partial charge in [-0.3, -0.25) is 9.59 Å². The van der Waals surface area contributed by atoms with Crippen LogP contribution in [0.2, 0.25) is 0 Å². The van der Waals surface area contributed by atoms with Crippen LogP contribution in [0.3, 0.4) is 0 Å². The third-order valence-electron chi connectivity index (χ3n) is 6.19. The van der Waals surface area contributed by atoms with E-state index in [0.29, 0.717) is 22.8 Å². The van der Waals surface area contributed by atoms with E-state index in [9.17, 15) is 9.59 Å². The Labute approximate surface area is 152 Å². The molecule has 3 aliphatic rings. The number of ketones is 2. The largest absolute Gasteiger partial charge is 0.493 e. The number of Topliss-reactive ketones (excluding diaryl/α,β-unsaturated/α-hetero) is 2. The molecule has 2 atom stereocenters. The van der Waals surface area contributed by atoms with Crippen LogP contribution in [0.15, 0.2) is 23.4 Å². The van der Waals surface area contributed by atoms with Crippen LogP contribution >= 0.6 is 0 Å². The van der Waals surface area contributed by atoms with Crippen molar-refractivity contribution in [3.63, 3.8) is 0 Å². The van der Waals surface area contributed by atoms with E-state index in [1.807, 2.05) is 18.2 Å². The van der Waals surface area contributed by atoms with Gasteiger partial charge in [0.25, 0.3) is 0 Å². The molecule has 0 aromatic heterocycles. The van der Waals surface area contributed by atoms with Crippen LogP contribution < -0.4 is 9.47 Å². The van der Waals surface area contributed by atoms with Crippen LogP contribution in [0.1, 0.15) is 51.5 Å². The molecule has 6 heteroatoms. The SMILES string of the molecule is COc1ccc(C2=NOC3(C)C(=O)CC(=O)C23C)cc1OC1CCCC1. The van der Waals surface area contributed by atoms with Crippen molar-refractivity contribution >= 4 is 17.3 Å². The molecule has 2 fully saturated rings. The van der Waals surface area contributed by atoms with Gasteiger partial charge >= 0.3 is 0 Å². The second kappa shape index (κ2) is 5.83. The lowest BCUT2D eigenvalue weighted by Crippen LogP contribution is -2.48. The number of hydrogen-bond donors (Lipinski definition) is 0. The molecule has 2 unspecified atom stereocenters. The van der Waals surface area contributed by atoms with Gasteiger partial charge in [-0.15, -0.1) is 0 Å². The molecule has 0 saturated heterocycles. The van der Waals surface area contributed by atoms with Crippen molar-refractivity contribution in [2.45, 2.75) is 57.7 Å². The van der Waals surface area contributed by atoms with E-state index < -0.39 is 11.0 Å². The third-order valence-corrected chi connectivity index (χ3v) is 6.19. The predicted octanol–water partition coefficient (Wildman–Crippen LogP) is 3.06. The molecule has 26 heavy (non-hydrogen) atoms. The van der Waals surface area contributed by atoms with E-state index in [1.54, 1.807) is 21.0 Å². The highest BCUT2D eigenvalue weighted by Crippen LogP contribution is 2.51. The minimum absolute atomic E-state index is 0.117. The van der Waals surface area contributed by atoms with Crippen molar-refractivity contribution in [2.75, 3.05) is 7.11 Å². The second-order valence-corrected chi connectivity index (χ2v) is 7.60. The Morgan fingerprint density at radius 2 is 1.85 bits per heavy atom. The fraction of sp³-hybridized carbons (Fsp3) is 0.550. The number of rotatable bonds is 4. The summed E-state index contributed by atoms with van der Waals surface area (Å²) >= 11 is 0. The van der Waals surface area contributed by atoms with E-state index >= 15 is 0 Å². The molecular weight excluding hydrogens is 334 g/mol. The maximum Gasteiger partial charge on any atom is 0.210 e. The summed E-state index contributed by atoms with van der Waals surface area (Å²) in [5, 5.41) is 4.14. The van der Waals surface area contributed by atoms with Crippen LogP contribution in [0.25, 0.3) is 0 Å². The monoisotopic (exact) mass is 357 g/mol. The van der Waals surface area contributed by atoms with Gasteiger partial charge in [-0.2, -0.15) is 0 Å². The lowest BCUT2D eigenvalue weighted by molar-refractivity contribution is -0.142. The average Bonchev–Trinajstić information content (AvgIpc) is 3.26. The molecular formula is C20H23NO5. The molecule has 1 aliphatic heterocycles. The second-order valence-electron chi connectivity index (χ2n) is 7.60. The molecule has 0 amide bonds. The van der Waals surface area contributed by atoms with Gasteiger partial charge in [-0.25, -0.2) is 0 Å². The highest BCUT2D eigenvalue weighted by molar-refractivity contribution is 6.29. The first kappa shape index (κ1) is 17.1. The summed E-state index contributed by atoms with van der Waals surface area (Å²) in [6.45, 7) is 3.39. The number of carbonyl (C=O) groups is 2. The van der Waals surface area contributed by atoms with Crippen molar-refractivity contribution in [1.29, 1.82) is 0 Å². The molecule has 0 bridgehead atoms. The maximum atomic E-state index is 12.6. The van der Waals surface area contributed by atoms with E-state index in [-0.39, 0.29) is 24.1 Å². The maximum absolute atomic E-state index is 12.6. The van der Waals surface area contributed by atoms with Crippen molar-refractivity contribution in [2.24, 2.45) is 10.6 Å². The highest BCUT2D eigenvalue weighted by atomic mass is 16.7. The van der Waals surface area contributed by atoms with Gasteiger partial charge in [0.2, 0.25) is 5.60 Å². The smallest absolute Gasteiger partial charge is 0.210 e. The van der Waals surface area contributed by atoms with Crippen LogP contribution in [0.5, 0.6) is 11.5 Å². The molecule has 1 aromatic rings. The standard InChI is InChI=1S/C20H23NO5/c1-19-16(22)11-17(23)20(19,2)26-21-18(19)12-8-9-14(24-3)15(10-12)25-13-6-4-5-7-13/h8-10,13H,4-7,11H2,1-3H3. The van der Waals surface area contributed by atoms with Gasteiger partial charge in [0, 0.05) is 5.56 Å². The first-order chi connectivity index (χ1) is 12.4. The summed E-state index contributed by atoms with van der Waals surface area (Å²) in [6, 6.07) is 5.48. The number of carbonyl (C=O) groups excluding carboxylic acids is 2. The van der Waals surface area contributed by atoms with Crippen LogP contribution in [0.4, 0.5) is 0 Å². The molecule has 1 heterocycles. The molecule has 2 saturated carbocycles. The van der Waals surface area contributed by atoms with Crippen LogP contribution in [-0.4, -0.2) is 36.1 Å². The number of fused-ring (bicyclic) bond motifs is 1. The Balaban J connectivity index is 1.72. The highest BCUT2D eigenvalue weighted by Gasteiger charge is 2.68. The van der Waals surface area contributed by atoms with E-state index in [0.717, 1.165) is 12.8 Å². The lowest BCUT2D eigenvalue weighted by atomic mass is 9.71. The summed E-state index contributed by atoms with van der Waals surface area (Å²) in [7, 11) is 1.60. The average molecular weight is 357 g/mol. The van der Waals surface area contributed by atoms with Crippen molar-refractivity contribution in [3.8, 4) is 11.5 Å². The van der Waals surface area contributed by atoms with Crippen molar-refractivity contribution < 1.29 is 23.9 Å². The third kappa shape index (κ3) is 2.20. The number of oxime groups is 1. The van der Waals surface area contributed by atoms with Gasteiger partial charge in [0.1, 0.15) is 11.1 Å². The van der Waals surface area contributed by atoms with Gasteiger partial charge in [-0.1, -0.05) is 5.16 Å². The zero-order chi connectivity index (χ0) is 18.5. The quantitative estimate of drug-likeness (QED) is 0.774. The van der Waals surface area contributed by atoms with Gasteiger partial charge < -0.3 is 14.3 Å². The van der Waals surface area contributed by atoms with Gasteiger partial charge in [-0.05, 0) is 57.7 Å². The molecule has 1 aromatic carbocycles. The molecule has 0 spiro atoms. The number of nitrogens with zero attached hydrogens (tertiary/aromatic N) is 1. The van der Waals surface area contributed by atoms with Crippen molar-refractivity contribution in [1.82, 2.24) is 0 Å². The minimum atomic E-state index is -1.23. The fourth-order valence-electron chi connectivity index (χ4n) is 4.21. The number of hydrogen-bond acceptors (Lipinski definition) is 6. The Kier molecular flexibility index (Phi) is 3.82. The lowest BCUT2D eigenvalue weighted by Gasteiger charge is -2.29. The van der Waals surface area contributed by atoms with Crippen LogP contribution in [0, 0.1) is 5.41 Å². The summed E-state index contributed by atoms with van der Waals surface area (Å²) in [5.74, 6) is 0.894. The minimum Gasteiger partial charge on any atom is -0.493 e. The number of methoxy groups -OCH3 is 1. The Morgan fingerprint density at radius 1 is 1.12 bits per heavy atom. The topological polar surface area (TPSA) is 74.2 Å². The first-order valence-corrected chi connectivity index (χ1v) is 9.08. The predicted molar refractivity (Wildman–Crippen MR) is 94.6 cm³/mol. The molecule has 4 rings (SSSR count). The zero-order valence-corrected chi connectivity index (χ0v) is 15.3. The molecule has 6 nitrogen and oxygen atoms in total. The summed E-state index contributed by atoms with van der Waals surface area (Å²) in [4.78, 5) is 30.4. The van der Waals surface area contributed by atoms with Gasteiger partial charge in [0.15, 0.2) is 23.1 Å². The molecule has 0 N–H and O–H groups in total. The zero-order valence-electron chi connectivity index (χ0n) is 15.3. The summed E-state index contributed by atoms with van der Waals surface area (Å²) < 4.78 is 11.6. The van der Waals surface area contributed by atoms with E-state index in [2.05, 4.69) is 5.16 Å². The molecule has 0 radical (unpaired) electrons. The summed E-state index contributed by atoms with van der Waals surface area (Å²) in [5.41, 5.74) is -1.11. The molecule has 2 aliphatic carbocycles. The Morgan fingerprint density at radius 3 is 2.54 bits per heavy atom. The Hall–Kier alpha value is -2.37. The number of ether oxygens (including phenoxy) is 2. The summed E-state index contributed by atoms with van der Waals surface area (Å²) in [6.07, 6.45) is 4.45. The van der Waals surface area contributed by atoms with Crippen LogP contribution in [-0.2, 0) is 14.4 Å². The fourth-order valence-corrected chi connectivity index (χ4v) is 4.21. The van der Waals surface area contributed by atoms with E-state index in [4.69, 9.17) is 14.3 Å². The number of benzene rings is 1. The Bertz CT molecular complexity index is 810.